The molecule has 9 rings (SSSR count). The predicted molar refractivity (Wildman–Crippen MR) is 222 cm³/mol. The van der Waals surface area contributed by atoms with E-state index in [1.54, 1.807) is 74.9 Å². The predicted octanol–water partition coefficient (Wildman–Crippen LogP) is 8.60. The van der Waals surface area contributed by atoms with Crippen molar-refractivity contribution in [2.45, 2.75) is 24.2 Å². The number of rotatable bonds is 8. The van der Waals surface area contributed by atoms with Crippen LogP contribution in [-0.4, -0.2) is 43.0 Å². The summed E-state index contributed by atoms with van der Waals surface area (Å²) in [5.41, 5.74) is 3.36. The lowest BCUT2D eigenvalue weighted by molar-refractivity contribution is -0.127. The third-order valence-electron chi connectivity index (χ3n) is 12.4. The molecule has 6 unspecified atom stereocenters. The minimum atomic E-state index is -1.39. The fourth-order valence-corrected chi connectivity index (χ4v) is 10.1. The Morgan fingerprint density at radius 3 is 2.19 bits per heavy atom. The minimum absolute atomic E-state index is 0.0576. The van der Waals surface area contributed by atoms with E-state index >= 15 is 4.79 Å². The second-order valence-electron chi connectivity index (χ2n) is 15.2. The van der Waals surface area contributed by atoms with Gasteiger partial charge in [0.25, 0.3) is 0 Å². The van der Waals surface area contributed by atoms with Crippen LogP contribution in [0.25, 0.3) is 12.2 Å². The van der Waals surface area contributed by atoms with E-state index in [-0.39, 0.29) is 35.8 Å². The molecule has 4 aliphatic rings. The maximum atomic E-state index is 15.3. The summed E-state index contributed by atoms with van der Waals surface area (Å²) in [6, 6.07) is 35.6. The first-order chi connectivity index (χ1) is 28.1. The minimum Gasteiger partial charge on any atom is -0.508 e. The highest BCUT2D eigenvalue weighted by Crippen LogP contribution is 2.64. The number of fused-ring (bicyclic) bond motifs is 4. The fourth-order valence-electron chi connectivity index (χ4n) is 9.93. The van der Waals surface area contributed by atoms with Crippen molar-refractivity contribution in [3.63, 3.8) is 0 Å². The number of allylic oxidation sites excluding steroid dienone is 2. The van der Waals surface area contributed by atoms with E-state index in [9.17, 15) is 19.5 Å². The molecule has 5 aromatic rings. The highest BCUT2D eigenvalue weighted by atomic mass is 35.5. The van der Waals surface area contributed by atoms with Crippen molar-refractivity contribution in [3.05, 3.63) is 160 Å². The number of hydrogen-bond donors (Lipinski definition) is 1. The molecule has 10 heteroatoms. The Hall–Kier alpha value is -6.45. The number of aromatic hydroxyl groups is 1. The number of halogens is 1. The van der Waals surface area contributed by atoms with Gasteiger partial charge < -0.3 is 14.6 Å². The topological polar surface area (TPSA) is 113 Å². The number of anilines is 2. The van der Waals surface area contributed by atoms with Gasteiger partial charge in [-0.25, -0.2) is 4.90 Å². The first-order valence-corrected chi connectivity index (χ1v) is 19.6. The number of ether oxygens (including phenoxy) is 2. The summed E-state index contributed by atoms with van der Waals surface area (Å²) < 4.78 is 10.9. The van der Waals surface area contributed by atoms with Crippen LogP contribution in [0.3, 0.4) is 0 Å². The van der Waals surface area contributed by atoms with Crippen molar-refractivity contribution in [1.29, 1.82) is 0 Å². The van der Waals surface area contributed by atoms with Gasteiger partial charge in [0.2, 0.25) is 23.6 Å². The van der Waals surface area contributed by atoms with Crippen molar-refractivity contribution in [2.75, 3.05) is 24.0 Å². The van der Waals surface area contributed by atoms with Crippen LogP contribution in [0.15, 0.2) is 133 Å². The third-order valence-corrected chi connectivity index (χ3v) is 12.7. The van der Waals surface area contributed by atoms with E-state index in [0.717, 1.165) is 22.3 Å². The molecule has 1 N–H and O–H groups in total. The fraction of sp³-hybridized carbons (Fsp3) is 0.208. The van der Waals surface area contributed by atoms with Gasteiger partial charge in [0.15, 0.2) is 0 Å². The molecule has 2 aliphatic heterocycles. The molecular formula is C48H39ClN2O7. The third kappa shape index (κ3) is 5.75. The summed E-state index contributed by atoms with van der Waals surface area (Å²) >= 11 is 6.42. The van der Waals surface area contributed by atoms with Gasteiger partial charge in [-0.05, 0) is 96.1 Å². The standard InChI is InChI=1S/C48H39ClN2O7/c1-57-36-21-24-41(58-2)30(25-36)14-11-28-12-17-33(18-13-28)50-44(53)38-23-22-37-39(42(38)46(50)55)27-40-45(54)51(34-10-6-9-32(49)26-34)47(56)48(40,31-7-4-3-5-8-31)43(37)29-15-19-35(52)20-16-29/h3-22,24-26,38-40,42-43,52H,23,27H2,1-2H3. The number of nitrogens with zero attached hydrogens (tertiary/aromatic N) is 2. The lowest BCUT2D eigenvalue weighted by atomic mass is 9.49. The summed E-state index contributed by atoms with van der Waals surface area (Å²) in [4.78, 5) is 61.9. The van der Waals surface area contributed by atoms with Crippen molar-refractivity contribution >= 4 is 58.8 Å². The Labute approximate surface area is 340 Å². The number of phenols is 1. The molecule has 9 nitrogen and oxygen atoms in total. The quantitative estimate of drug-likeness (QED) is 0.0952. The van der Waals surface area contributed by atoms with Gasteiger partial charge in [0, 0.05) is 16.5 Å². The second-order valence-corrected chi connectivity index (χ2v) is 15.7. The number of hydrogen-bond acceptors (Lipinski definition) is 7. The summed E-state index contributed by atoms with van der Waals surface area (Å²) in [6.07, 6.45) is 6.34. The molecule has 58 heavy (non-hydrogen) atoms. The first kappa shape index (κ1) is 37.1. The highest BCUT2D eigenvalue weighted by molar-refractivity contribution is 6.32. The van der Waals surface area contributed by atoms with Crippen LogP contribution in [0.2, 0.25) is 5.02 Å². The molecule has 6 atom stereocenters. The van der Waals surface area contributed by atoms with Crippen molar-refractivity contribution < 1.29 is 33.8 Å². The number of benzene rings is 5. The van der Waals surface area contributed by atoms with Gasteiger partial charge in [0.05, 0.1) is 48.8 Å². The Morgan fingerprint density at radius 2 is 1.48 bits per heavy atom. The molecule has 0 bridgehead atoms. The Bertz CT molecular complexity index is 2530. The van der Waals surface area contributed by atoms with E-state index in [4.69, 9.17) is 21.1 Å². The van der Waals surface area contributed by atoms with Crippen molar-refractivity contribution in [1.82, 2.24) is 0 Å². The molecule has 0 radical (unpaired) electrons. The number of phenolic OH excluding ortho intramolecular Hbond substituents is 1. The van der Waals surface area contributed by atoms with Crippen LogP contribution in [0.5, 0.6) is 17.2 Å². The first-order valence-electron chi connectivity index (χ1n) is 19.2. The molecule has 0 spiro atoms. The molecular weight excluding hydrogens is 752 g/mol. The van der Waals surface area contributed by atoms with E-state index in [1.165, 1.54) is 9.80 Å². The second kappa shape index (κ2) is 14.5. The Balaban J connectivity index is 1.11. The van der Waals surface area contributed by atoms with E-state index < -0.39 is 35.0 Å². The van der Waals surface area contributed by atoms with Gasteiger partial charge in [-0.15, -0.1) is 0 Å². The zero-order valence-corrected chi connectivity index (χ0v) is 32.5. The normalized spacial score (nSPS) is 25.1. The van der Waals surface area contributed by atoms with Crippen LogP contribution < -0.4 is 19.3 Å². The van der Waals surface area contributed by atoms with Crippen LogP contribution in [-0.2, 0) is 24.6 Å². The van der Waals surface area contributed by atoms with E-state index in [0.29, 0.717) is 39.9 Å². The molecule has 3 fully saturated rings. The number of imide groups is 2. The Morgan fingerprint density at radius 1 is 0.724 bits per heavy atom. The monoisotopic (exact) mass is 790 g/mol. The maximum Gasteiger partial charge on any atom is 0.246 e. The molecule has 290 valence electrons. The van der Waals surface area contributed by atoms with Gasteiger partial charge >= 0.3 is 0 Å². The lowest BCUT2D eigenvalue weighted by Gasteiger charge is -2.50. The lowest BCUT2D eigenvalue weighted by Crippen LogP contribution is -2.53. The molecule has 5 aromatic carbocycles. The molecule has 0 aromatic heterocycles. The van der Waals surface area contributed by atoms with Gasteiger partial charge in [-0.2, -0.15) is 0 Å². The van der Waals surface area contributed by atoms with Crippen molar-refractivity contribution in [3.8, 4) is 17.2 Å². The summed E-state index contributed by atoms with van der Waals surface area (Å²) in [5.74, 6) is -3.41. The zero-order chi connectivity index (χ0) is 40.3. The summed E-state index contributed by atoms with van der Waals surface area (Å²) in [7, 11) is 3.21. The zero-order valence-electron chi connectivity index (χ0n) is 31.7. The largest absolute Gasteiger partial charge is 0.508 e. The highest BCUT2D eigenvalue weighted by Gasteiger charge is 2.70. The molecule has 1 saturated carbocycles. The molecule has 2 saturated heterocycles. The smallest absolute Gasteiger partial charge is 0.246 e. The average Bonchev–Trinajstić information content (AvgIpc) is 3.64. The van der Waals surface area contributed by atoms with E-state index in [1.807, 2.05) is 78.9 Å². The Kier molecular flexibility index (Phi) is 9.28. The molecule has 4 amide bonds. The average molecular weight is 791 g/mol. The molecule has 2 aliphatic carbocycles. The van der Waals surface area contributed by atoms with Crippen molar-refractivity contribution in [2.24, 2.45) is 23.7 Å². The van der Waals surface area contributed by atoms with Crippen LogP contribution in [0, 0.1) is 23.7 Å². The van der Waals surface area contributed by atoms with Gasteiger partial charge in [-0.3, -0.25) is 24.1 Å². The van der Waals surface area contributed by atoms with Crippen LogP contribution in [0.1, 0.15) is 41.0 Å². The summed E-state index contributed by atoms with van der Waals surface area (Å²) in [6.45, 7) is 0. The molecule has 2 heterocycles. The van der Waals surface area contributed by atoms with E-state index in [2.05, 4.69) is 0 Å². The van der Waals surface area contributed by atoms with Crippen LogP contribution >= 0.6 is 11.6 Å². The van der Waals surface area contributed by atoms with Crippen LogP contribution in [0.4, 0.5) is 11.4 Å². The number of carbonyl (C=O) groups is 4. The maximum absolute atomic E-state index is 15.3. The van der Waals surface area contributed by atoms with Gasteiger partial charge in [0.1, 0.15) is 17.2 Å². The number of amides is 4. The number of carbonyl (C=O) groups excluding carboxylic acids is 4. The summed E-state index contributed by atoms with van der Waals surface area (Å²) in [5, 5.41) is 10.8. The number of methoxy groups -OCH3 is 2. The SMILES string of the molecule is COc1ccc(OC)c(C=Cc2ccc(N3C(=O)C4CC=C5C(CC6C(=O)N(c7cccc(Cl)c7)C(=O)C6(c6ccccc6)C5c5ccc(O)cc5)C4C3=O)cc2)c1. The van der Waals surface area contributed by atoms with Gasteiger partial charge in [-0.1, -0.05) is 96.1 Å².